The lowest BCUT2D eigenvalue weighted by molar-refractivity contribution is 0.0937. The zero-order valence-corrected chi connectivity index (χ0v) is 23.3. The molecule has 4 rings (SSSR count). The molecule has 0 unspecified atom stereocenters. The predicted octanol–water partition coefficient (Wildman–Crippen LogP) is 5.58. The largest absolute Gasteiger partial charge is 0.507 e. The maximum Gasteiger partial charge on any atom is 0.266 e. The fraction of sp³-hybridized carbons (Fsp3) is 0.172. The molecular weight excluding hydrogens is 553 g/mol. The van der Waals surface area contributed by atoms with Crippen LogP contribution in [0.15, 0.2) is 66.0 Å². The lowest BCUT2D eigenvalue weighted by Gasteiger charge is -2.22. The summed E-state index contributed by atoms with van der Waals surface area (Å²) in [7, 11) is 0. The number of nitriles is 1. The molecule has 0 fully saturated rings. The Morgan fingerprint density at radius 1 is 1.10 bits per heavy atom. The number of carbonyl (C=O) groups is 2. The number of thiophene rings is 1. The van der Waals surface area contributed by atoms with Crippen LogP contribution in [0.1, 0.15) is 39.4 Å². The van der Waals surface area contributed by atoms with E-state index in [1.807, 2.05) is 13.8 Å². The van der Waals surface area contributed by atoms with E-state index in [0.29, 0.717) is 34.7 Å². The van der Waals surface area contributed by atoms with E-state index < -0.39 is 11.7 Å². The predicted molar refractivity (Wildman–Crippen MR) is 156 cm³/mol. The summed E-state index contributed by atoms with van der Waals surface area (Å²) in [6.07, 6.45) is 0. The molecule has 5 N–H and O–H groups in total. The number of hydrogen-bond acceptors (Lipinski definition) is 7. The van der Waals surface area contributed by atoms with E-state index in [1.54, 1.807) is 47.8 Å². The van der Waals surface area contributed by atoms with Crippen LogP contribution in [0.2, 0.25) is 0 Å². The number of rotatable bonds is 8. The Kier molecular flexibility index (Phi) is 9.60. The topological polar surface area (TPSA) is 141 Å². The lowest BCUT2D eigenvalue weighted by atomic mass is 9.93. The maximum atomic E-state index is 13.7. The van der Waals surface area contributed by atoms with Crippen molar-refractivity contribution in [3.8, 4) is 34.2 Å². The number of phenolic OH excluding ortho intramolecular Hbond substituents is 1. The smallest absolute Gasteiger partial charge is 0.266 e. The van der Waals surface area contributed by atoms with E-state index >= 15 is 0 Å². The van der Waals surface area contributed by atoms with Crippen molar-refractivity contribution in [2.75, 3.05) is 18.4 Å². The van der Waals surface area contributed by atoms with E-state index in [0.717, 1.165) is 6.07 Å². The Morgan fingerprint density at radius 3 is 2.52 bits per heavy atom. The van der Waals surface area contributed by atoms with Gasteiger partial charge in [0.1, 0.15) is 23.2 Å². The average Bonchev–Trinajstić information content (AvgIpc) is 3.47. The van der Waals surface area contributed by atoms with Crippen molar-refractivity contribution >= 4 is 41.4 Å². The molecule has 0 radical (unpaired) electrons. The van der Waals surface area contributed by atoms with Crippen molar-refractivity contribution in [1.82, 2.24) is 10.3 Å². The van der Waals surface area contributed by atoms with Gasteiger partial charge in [-0.3, -0.25) is 9.59 Å². The first-order chi connectivity index (χ1) is 18.6. The fourth-order valence-corrected chi connectivity index (χ4v) is 4.35. The molecule has 0 atom stereocenters. The van der Waals surface area contributed by atoms with Gasteiger partial charge in [-0.2, -0.15) is 5.26 Å². The van der Waals surface area contributed by atoms with Gasteiger partial charge in [0, 0.05) is 29.3 Å². The van der Waals surface area contributed by atoms with Crippen LogP contribution >= 0.6 is 23.7 Å². The number of pyridine rings is 1. The summed E-state index contributed by atoms with van der Waals surface area (Å²) in [5.74, 6) is -1.80. The van der Waals surface area contributed by atoms with E-state index in [4.69, 9.17) is 5.73 Å². The van der Waals surface area contributed by atoms with Crippen LogP contribution in [0.4, 0.5) is 10.2 Å². The molecule has 2 aromatic carbocycles. The first kappa shape index (κ1) is 30.2. The highest BCUT2D eigenvalue weighted by Crippen LogP contribution is 2.36. The number of hydrogen-bond donors (Lipinski definition) is 4. The zero-order valence-electron chi connectivity index (χ0n) is 21.7. The molecule has 0 bridgehead atoms. The highest BCUT2D eigenvalue weighted by molar-refractivity contribution is 7.12. The molecule has 11 heteroatoms. The Bertz CT molecular complexity index is 1590. The van der Waals surface area contributed by atoms with Crippen LogP contribution in [0, 0.1) is 22.6 Å². The summed E-state index contributed by atoms with van der Waals surface area (Å²) in [6, 6.07) is 17.2. The molecule has 2 amide bonds. The zero-order chi connectivity index (χ0) is 28.2. The molecule has 2 aromatic heterocycles. The monoisotopic (exact) mass is 579 g/mol. The standard InChI is InChI=1S/C29H26FN5O3S.ClH/c1-29(2,15-32)16-33-27(37)18-6-3-5-17(11-18)21-13-23(20-9-8-19(30)12-24(20)36)34-26(22(21)14-31)35-28(38)25-7-4-10-39-25;/h3-13,36H,15-16,32H2,1-2H3,(H,33,37)(H,34,35,38);1H. The summed E-state index contributed by atoms with van der Waals surface area (Å²) in [6.45, 7) is 4.66. The van der Waals surface area contributed by atoms with Crippen LogP contribution in [0.25, 0.3) is 22.4 Å². The number of phenols is 1. The second kappa shape index (κ2) is 12.7. The molecule has 0 aliphatic carbocycles. The van der Waals surface area contributed by atoms with Gasteiger partial charge in [-0.05, 0) is 59.3 Å². The van der Waals surface area contributed by atoms with Gasteiger partial charge in [0.05, 0.1) is 10.6 Å². The van der Waals surface area contributed by atoms with Gasteiger partial charge in [0.25, 0.3) is 11.8 Å². The number of aromatic hydroxyl groups is 1. The van der Waals surface area contributed by atoms with Crippen LogP contribution in [0.3, 0.4) is 0 Å². The summed E-state index contributed by atoms with van der Waals surface area (Å²) in [5.41, 5.74) is 7.18. The molecule has 4 aromatic rings. The molecule has 0 spiro atoms. The second-order valence-corrected chi connectivity index (χ2v) is 10.6. The van der Waals surface area contributed by atoms with Crippen molar-refractivity contribution in [1.29, 1.82) is 5.26 Å². The van der Waals surface area contributed by atoms with Crippen LogP contribution in [-0.4, -0.2) is 35.0 Å². The van der Waals surface area contributed by atoms with Crippen molar-refractivity contribution in [2.45, 2.75) is 13.8 Å². The maximum absolute atomic E-state index is 13.7. The van der Waals surface area contributed by atoms with E-state index in [9.17, 15) is 24.3 Å². The molecule has 8 nitrogen and oxygen atoms in total. The highest BCUT2D eigenvalue weighted by atomic mass is 35.5. The molecule has 0 saturated heterocycles. The minimum Gasteiger partial charge on any atom is -0.507 e. The Balaban J connectivity index is 0.00000441. The van der Waals surface area contributed by atoms with Crippen molar-refractivity contribution in [3.63, 3.8) is 0 Å². The Labute approximate surface area is 241 Å². The molecule has 2 heterocycles. The van der Waals surface area contributed by atoms with Gasteiger partial charge in [0.15, 0.2) is 5.82 Å². The number of nitrogens with zero attached hydrogens (tertiary/aromatic N) is 2. The quantitative estimate of drug-likeness (QED) is 0.215. The number of anilines is 1. The first-order valence-corrected chi connectivity index (χ1v) is 12.9. The molecule has 206 valence electrons. The third-order valence-corrected chi connectivity index (χ3v) is 6.93. The molecule has 0 aliphatic heterocycles. The molecule has 0 saturated carbocycles. The summed E-state index contributed by atoms with van der Waals surface area (Å²) < 4.78 is 13.7. The van der Waals surface area contributed by atoms with E-state index in [2.05, 4.69) is 21.7 Å². The van der Waals surface area contributed by atoms with Gasteiger partial charge >= 0.3 is 0 Å². The molecule has 40 heavy (non-hydrogen) atoms. The SMILES string of the molecule is CC(C)(CN)CNC(=O)c1cccc(-c2cc(-c3ccc(F)cc3O)nc(NC(=O)c3cccs3)c2C#N)c1.Cl. The van der Waals surface area contributed by atoms with Crippen molar-refractivity contribution < 1.29 is 19.1 Å². The average molecular weight is 580 g/mol. The first-order valence-electron chi connectivity index (χ1n) is 12.0. The lowest BCUT2D eigenvalue weighted by Crippen LogP contribution is -2.38. The van der Waals surface area contributed by atoms with Gasteiger partial charge in [-0.1, -0.05) is 32.0 Å². The third-order valence-electron chi connectivity index (χ3n) is 6.06. The number of carbonyl (C=O) groups excluding carboxylic acids is 2. The van der Waals surface area contributed by atoms with E-state index in [1.165, 1.54) is 23.5 Å². The van der Waals surface area contributed by atoms with Crippen LogP contribution < -0.4 is 16.4 Å². The van der Waals surface area contributed by atoms with Gasteiger partial charge in [0.2, 0.25) is 0 Å². The molecular formula is C29H27ClFN5O3S. The fourth-order valence-electron chi connectivity index (χ4n) is 3.73. The minimum atomic E-state index is -0.632. The van der Waals surface area contributed by atoms with Crippen LogP contribution in [0.5, 0.6) is 5.75 Å². The van der Waals surface area contributed by atoms with Gasteiger partial charge in [-0.15, -0.1) is 23.7 Å². The highest BCUT2D eigenvalue weighted by Gasteiger charge is 2.21. The second-order valence-electron chi connectivity index (χ2n) is 9.62. The summed E-state index contributed by atoms with van der Waals surface area (Å²) >= 11 is 1.23. The van der Waals surface area contributed by atoms with Crippen molar-refractivity contribution in [3.05, 3.63) is 87.9 Å². The van der Waals surface area contributed by atoms with E-state index in [-0.39, 0.29) is 52.1 Å². The summed E-state index contributed by atoms with van der Waals surface area (Å²) in [5, 5.41) is 27.8. The minimum absolute atomic E-state index is 0. The normalized spacial score (nSPS) is 10.8. The van der Waals surface area contributed by atoms with Crippen molar-refractivity contribution in [2.24, 2.45) is 11.1 Å². The van der Waals surface area contributed by atoms with Gasteiger partial charge < -0.3 is 21.5 Å². The van der Waals surface area contributed by atoms with Crippen LogP contribution in [-0.2, 0) is 0 Å². The number of amides is 2. The number of aromatic nitrogens is 1. The number of nitrogens with two attached hydrogens (primary N) is 1. The Morgan fingerprint density at radius 2 is 1.88 bits per heavy atom. The number of nitrogens with one attached hydrogen (secondary N) is 2. The number of halogens is 2. The third kappa shape index (κ3) is 6.82. The number of benzene rings is 2. The summed E-state index contributed by atoms with van der Waals surface area (Å²) in [4.78, 5) is 30.6. The Hall–Kier alpha value is -4.30. The van der Waals surface area contributed by atoms with Gasteiger partial charge in [-0.25, -0.2) is 9.37 Å². The molecule has 0 aliphatic rings.